The summed E-state index contributed by atoms with van der Waals surface area (Å²) in [5.41, 5.74) is 3.34. The van der Waals surface area contributed by atoms with Gasteiger partial charge in [0.25, 0.3) is 0 Å². The Bertz CT molecular complexity index is 418. The van der Waals surface area contributed by atoms with E-state index < -0.39 is 0 Å². The molecule has 0 atom stereocenters. The molecule has 1 aromatic rings. The molecular weight excluding hydrogens is 226 g/mol. The van der Waals surface area contributed by atoms with Crippen LogP contribution in [0.15, 0.2) is 18.2 Å². The smallest absolute Gasteiger partial charge is 0.224 e. The van der Waals surface area contributed by atoms with Gasteiger partial charge in [-0.1, -0.05) is 0 Å². The van der Waals surface area contributed by atoms with E-state index >= 15 is 0 Å². The molecule has 0 bridgehead atoms. The third-order valence-corrected chi connectivity index (χ3v) is 3.18. The fraction of sp³-hybridized carbons (Fsp3) is 0.500. The van der Waals surface area contributed by atoms with Gasteiger partial charge >= 0.3 is 0 Å². The van der Waals surface area contributed by atoms with E-state index in [-0.39, 0.29) is 5.91 Å². The fourth-order valence-corrected chi connectivity index (χ4v) is 2.15. The van der Waals surface area contributed by atoms with Crippen molar-refractivity contribution in [3.63, 3.8) is 0 Å². The SMILES string of the molecule is CNCCCCNc1ccc2c(c1)CCC(=O)N2. The molecule has 0 radical (unpaired) electrons. The molecule has 2 rings (SSSR count). The molecule has 1 aliphatic rings. The van der Waals surface area contributed by atoms with Crippen LogP contribution in [0.2, 0.25) is 0 Å². The van der Waals surface area contributed by atoms with Gasteiger partial charge in [0.2, 0.25) is 5.91 Å². The first-order valence-electron chi connectivity index (χ1n) is 6.61. The monoisotopic (exact) mass is 247 g/mol. The first kappa shape index (κ1) is 12.9. The van der Waals surface area contributed by atoms with Crippen molar-refractivity contribution in [3.05, 3.63) is 23.8 Å². The number of nitrogens with one attached hydrogen (secondary N) is 3. The summed E-state index contributed by atoms with van der Waals surface area (Å²) in [4.78, 5) is 11.3. The number of hydrogen-bond donors (Lipinski definition) is 3. The zero-order chi connectivity index (χ0) is 12.8. The second-order valence-corrected chi connectivity index (χ2v) is 4.66. The second kappa shape index (κ2) is 6.40. The van der Waals surface area contributed by atoms with E-state index in [1.165, 1.54) is 12.0 Å². The Morgan fingerprint density at radius 3 is 2.89 bits per heavy atom. The van der Waals surface area contributed by atoms with Crippen LogP contribution in [-0.4, -0.2) is 26.0 Å². The van der Waals surface area contributed by atoms with Crippen LogP contribution >= 0.6 is 0 Å². The van der Waals surface area contributed by atoms with E-state index in [2.05, 4.69) is 22.0 Å². The largest absolute Gasteiger partial charge is 0.385 e. The van der Waals surface area contributed by atoms with E-state index in [4.69, 9.17) is 0 Å². The minimum Gasteiger partial charge on any atom is -0.385 e. The average Bonchev–Trinajstić information content (AvgIpc) is 2.38. The fourth-order valence-electron chi connectivity index (χ4n) is 2.15. The molecule has 18 heavy (non-hydrogen) atoms. The Hall–Kier alpha value is -1.55. The van der Waals surface area contributed by atoms with Crippen LogP contribution in [0, 0.1) is 0 Å². The van der Waals surface area contributed by atoms with Crippen molar-refractivity contribution < 1.29 is 4.79 Å². The number of benzene rings is 1. The predicted molar refractivity (Wildman–Crippen MR) is 75.0 cm³/mol. The van der Waals surface area contributed by atoms with Crippen LogP contribution < -0.4 is 16.0 Å². The Labute approximate surface area is 108 Å². The Morgan fingerprint density at radius 1 is 1.22 bits per heavy atom. The molecule has 0 saturated heterocycles. The lowest BCUT2D eigenvalue weighted by Crippen LogP contribution is -2.19. The molecule has 1 aromatic carbocycles. The summed E-state index contributed by atoms with van der Waals surface area (Å²) in [6, 6.07) is 6.16. The number of rotatable bonds is 6. The van der Waals surface area contributed by atoms with E-state index in [1.807, 2.05) is 19.2 Å². The number of hydrogen-bond acceptors (Lipinski definition) is 3. The Balaban J connectivity index is 1.85. The highest BCUT2D eigenvalue weighted by molar-refractivity contribution is 5.94. The molecule has 1 heterocycles. The number of anilines is 2. The summed E-state index contributed by atoms with van der Waals surface area (Å²) in [5, 5.41) is 9.46. The highest BCUT2D eigenvalue weighted by Crippen LogP contribution is 2.25. The van der Waals surface area contributed by atoms with Crippen LogP contribution in [0.3, 0.4) is 0 Å². The number of aryl methyl sites for hydroxylation is 1. The zero-order valence-corrected chi connectivity index (χ0v) is 10.9. The van der Waals surface area contributed by atoms with Gasteiger partial charge in [-0.2, -0.15) is 0 Å². The summed E-state index contributed by atoms with van der Waals surface area (Å²) in [6.07, 6.45) is 3.79. The van der Waals surface area contributed by atoms with Crippen LogP contribution in [0.4, 0.5) is 11.4 Å². The maximum atomic E-state index is 11.3. The molecule has 0 spiro atoms. The minimum absolute atomic E-state index is 0.121. The van der Waals surface area contributed by atoms with Crippen molar-refractivity contribution in [1.29, 1.82) is 0 Å². The van der Waals surface area contributed by atoms with Crippen molar-refractivity contribution in [2.24, 2.45) is 0 Å². The lowest BCUT2D eigenvalue weighted by molar-refractivity contribution is -0.116. The van der Waals surface area contributed by atoms with Gasteiger partial charge in [-0.25, -0.2) is 0 Å². The first-order chi connectivity index (χ1) is 8.79. The lowest BCUT2D eigenvalue weighted by atomic mass is 10.0. The van der Waals surface area contributed by atoms with Gasteiger partial charge in [0.1, 0.15) is 0 Å². The number of carbonyl (C=O) groups excluding carboxylic acids is 1. The van der Waals surface area contributed by atoms with Crippen LogP contribution in [0.1, 0.15) is 24.8 Å². The molecule has 4 heteroatoms. The lowest BCUT2D eigenvalue weighted by Gasteiger charge is -2.18. The number of unbranched alkanes of at least 4 members (excludes halogenated alkanes) is 1. The second-order valence-electron chi connectivity index (χ2n) is 4.66. The summed E-state index contributed by atoms with van der Waals surface area (Å²) < 4.78 is 0. The normalized spacial score (nSPS) is 13.9. The number of fused-ring (bicyclic) bond motifs is 1. The molecule has 0 aromatic heterocycles. The highest BCUT2D eigenvalue weighted by Gasteiger charge is 2.14. The Kier molecular flexibility index (Phi) is 4.59. The third-order valence-electron chi connectivity index (χ3n) is 3.18. The van der Waals surface area contributed by atoms with Crippen molar-refractivity contribution in [3.8, 4) is 0 Å². The maximum absolute atomic E-state index is 11.3. The van der Waals surface area contributed by atoms with Crippen molar-refractivity contribution >= 4 is 17.3 Å². The summed E-state index contributed by atoms with van der Waals surface area (Å²) >= 11 is 0. The molecule has 4 nitrogen and oxygen atoms in total. The van der Waals surface area contributed by atoms with E-state index in [0.29, 0.717) is 6.42 Å². The van der Waals surface area contributed by atoms with Crippen molar-refractivity contribution in [2.45, 2.75) is 25.7 Å². The van der Waals surface area contributed by atoms with Gasteiger partial charge in [0.05, 0.1) is 0 Å². The van der Waals surface area contributed by atoms with Gasteiger partial charge in [-0.3, -0.25) is 4.79 Å². The molecule has 98 valence electrons. The van der Waals surface area contributed by atoms with Crippen LogP contribution in [0.25, 0.3) is 0 Å². The van der Waals surface area contributed by atoms with E-state index in [9.17, 15) is 4.79 Å². The summed E-state index contributed by atoms with van der Waals surface area (Å²) in [6.45, 7) is 2.06. The van der Waals surface area contributed by atoms with Crippen LogP contribution in [0.5, 0.6) is 0 Å². The first-order valence-corrected chi connectivity index (χ1v) is 6.61. The van der Waals surface area contributed by atoms with E-state index in [0.717, 1.165) is 37.3 Å². The molecule has 0 unspecified atom stereocenters. The molecule has 0 fully saturated rings. The Morgan fingerprint density at radius 2 is 2.06 bits per heavy atom. The quantitative estimate of drug-likeness (QED) is 0.674. The molecular formula is C14H21N3O. The molecule has 1 aliphatic heterocycles. The topological polar surface area (TPSA) is 53.2 Å². The van der Waals surface area contributed by atoms with Gasteiger partial charge in [-0.05, 0) is 56.6 Å². The molecule has 0 saturated carbocycles. The van der Waals surface area contributed by atoms with Gasteiger partial charge < -0.3 is 16.0 Å². The average molecular weight is 247 g/mol. The molecule has 3 N–H and O–H groups in total. The summed E-state index contributed by atoms with van der Waals surface area (Å²) in [7, 11) is 1.98. The number of amides is 1. The summed E-state index contributed by atoms with van der Waals surface area (Å²) in [5.74, 6) is 0.121. The zero-order valence-electron chi connectivity index (χ0n) is 10.9. The van der Waals surface area contributed by atoms with E-state index in [1.54, 1.807) is 0 Å². The van der Waals surface area contributed by atoms with Gasteiger partial charge in [0, 0.05) is 24.3 Å². The third kappa shape index (κ3) is 3.47. The number of carbonyl (C=O) groups is 1. The standard InChI is InChI=1S/C14H21N3O/c1-15-8-2-3-9-16-12-5-6-13-11(10-12)4-7-14(18)17-13/h5-6,10,15-16H,2-4,7-9H2,1H3,(H,17,18). The molecule has 0 aliphatic carbocycles. The maximum Gasteiger partial charge on any atom is 0.224 e. The minimum atomic E-state index is 0.121. The van der Waals surface area contributed by atoms with Crippen molar-refractivity contribution in [2.75, 3.05) is 30.8 Å². The van der Waals surface area contributed by atoms with Gasteiger partial charge in [0.15, 0.2) is 0 Å². The molecule has 1 amide bonds. The highest BCUT2D eigenvalue weighted by atomic mass is 16.1. The van der Waals surface area contributed by atoms with Crippen LogP contribution in [-0.2, 0) is 11.2 Å². The predicted octanol–water partition coefficient (Wildman–Crippen LogP) is 1.98. The van der Waals surface area contributed by atoms with Crippen molar-refractivity contribution in [1.82, 2.24) is 5.32 Å². The van der Waals surface area contributed by atoms with Gasteiger partial charge in [-0.15, -0.1) is 0 Å².